The number of rotatable bonds is 5. The minimum absolute atomic E-state index is 0.0504. The van der Waals surface area contributed by atoms with Gasteiger partial charge < -0.3 is 14.2 Å². The number of esters is 2. The Kier molecular flexibility index (Phi) is 5.86. The van der Waals surface area contributed by atoms with Crippen molar-refractivity contribution in [2.75, 3.05) is 14.2 Å². The van der Waals surface area contributed by atoms with Crippen molar-refractivity contribution in [3.05, 3.63) is 64.7 Å². The molecule has 2 aromatic carbocycles. The van der Waals surface area contributed by atoms with Gasteiger partial charge in [0.05, 0.1) is 30.9 Å². The number of benzene rings is 2. The van der Waals surface area contributed by atoms with E-state index in [4.69, 9.17) is 4.74 Å². The van der Waals surface area contributed by atoms with E-state index in [9.17, 15) is 22.8 Å². The first-order valence-corrected chi connectivity index (χ1v) is 7.35. The monoisotopic (exact) mass is 368 g/mol. The first-order chi connectivity index (χ1) is 12.2. The predicted octanol–water partition coefficient (Wildman–Crippen LogP) is 3.86. The van der Waals surface area contributed by atoms with E-state index >= 15 is 0 Å². The van der Waals surface area contributed by atoms with Crippen LogP contribution >= 0.6 is 0 Å². The van der Waals surface area contributed by atoms with Gasteiger partial charge in [0.25, 0.3) is 0 Å². The van der Waals surface area contributed by atoms with E-state index in [1.807, 2.05) is 0 Å². The van der Waals surface area contributed by atoms with Crippen LogP contribution in [-0.4, -0.2) is 26.2 Å². The Balaban J connectivity index is 2.26. The van der Waals surface area contributed by atoms with Crippen LogP contribution in [0.15, 0.2) is 42.5 Å². The Labute approximate surface area is 147 Å². The second-order valence-electron chi connectivity index (χ2n) is 5.22. The van der Waals surface area contributed by atoms with Gasteiger partial charge in [0, 0.05) is 0 Å². The van der Waals surface area contributed by atoms with Gasteiger partial charge in [-0.05, 0) is 35.9 Å². The summed E-state index contributed by atoms with van der Waals surface area (Å²) in [6.07, 6.45) is -4.46. The number of methoxy groups -OCH3 is 2. The van der Waals surface area contributed by atoms with E-state index in [1.165, 1.54) is 44.6 Å². The molecule has 0 spiro atoms. The van der Waals surface area contributed by atoms with Gasteiger partial charge in [-0.1, -0.05) is 12.1 Å². The summed E-state index contributed by atoms with van der Waals surface area (Å²) in [5.74, 6) is -1.27. The fourth-order valence-electron chi connectivity index (χ4n) is 2.16. The Morgan fingerprint density at radius 1 is 0.923 bits per heavy atom. The van der Waals surface area contributed by atoms with Gasteiger partial charge in [-0.15, -0.1) is 0 Å². The zero-order chi connectivity index (χ0) is 19.3. The SMILES string of the molecule is COC(=O)c1cc(OCc2cccc(C(F)(F)F)c2)cc(C(=O)OC)c1. The average Bonchev–Trinajstić information content (AvgIpc) is 2.64. The van der Waals surface area contributed by atoms with Crippen LogP contribution in [-0.2, 0) is 22.3 Å². The number of carbonyl (C=O) groups is 2. The van der Waals surface area contributed by atoms with Gasteiger partial charge in [-0.3, -0.25) is 0 Å². The fraction of sp³-hybridized carbons (Fsp3) is 0.222. The Bertz CT molecular complexity index is 780. The summed E-state index contributed by atoms with van der Waals surface area (Å²) >= 11 is 0. The van der Waals surface area contributed by atoms with Crippen molar-refractivity contribution in [1.29, 1.82) is 0 Å². The quantitative estimate of drug-likeness (QED) is 0.750. The van der Waals surface area contributed by atoms with Crippen LogP contribution in [0.25, 0.3) is 0 Å². The molecule has 0 aliphatic rings. The first-order valence-electron chi connectivity index (χ1n) is 7.35. The van der Waals surface area contributed by atoms with E-state index in [2.05, 4.69) is 9.47 Å². The third kappa shape index (κ3) is 4.75. The normalized spacial score (nSPS) is 11.0. The van der Waals surface area contributed by atoms with Gasteiger partial charge in [-0.2, -0.15) is 13.2 Å². The highest BCUT2D eigenvalue weighted by atomic mass is 19.4. The molecular weight excluding hydrogens is 353 g/mol. The highest BCUT2D eigenvalue weighted by Gasteiger charge is 2.30. The molecule has 0 unspecified atom stereocenters. The fourth-order valence-corrected chi connectivity index (χ4v) is 2.16. The standard InChI is InChI=1S/C18H15F3O5/c1-24-16(22)12-7-13(17(23)25-2)9-15(8-12)26-10-11-4-3-5-14(6-11)18(19,20)21/h3-9H,10H2,1-2H3. The maximum Gasteiger partial charge on any atom is 0.416 e. The summed E-state index contributed by atoms with van der Waals surface area (Å²) in [7, 11) is 2.35. The summed E-state index contributed by atoms with van der Waals surface area (Å²) in [6, 6.07) is 8.58. The van der Waals surface area contributed by atoms with Gasteiger partial charge in [-0.25, -0.2) is 9.59 Å². The Hall–Kier alpha value is -3.03. The third-order valence-corrected chi connectivity index (χ3v) is 3.41. The highest BCUT2D eigenvalue weighted by Crippen LogP contribution is 2.30. The van der Waals surface area contributed by atoms with E-state index < -0.39 is 23.7 Å². The van der Waals surface area contributed by atoms with Crippen molar-refractivity contribution in [2.45, 2.75) is 12.8 Å². The molecule has 0 amide bonds. The number of carbonyl (C=O) groups excluding carboxylic acids is 2. The Morgan fingerprint density at radius 2 is 1.50 bits per heavy atom. The van der Waals surface area contributed by atoms with Crippen LogP contribution in [0.1, 0.15) is 31.8 Å². The molecule has 0 bridgehead atoms. The lowest BCUT2D eigenvalue weighted by Gasteiger charge is -2.12. The number of hydrogen-bond donors (Lipinski definition) is 0. The van der Waals surface area contributed by atoms with Gasteiger partial charge in [0.1, 0.15) is 12.4 Å². The number of halogens is 3. The highest BCUT2D eigenvalue weighted by molar-refractivity contribution is 5.96. The summed E-state index contributed by atoms with van der Waals surface area (Å²) < 4.78 is 52.9. The molecular formula is C18H15F3O5. The molecule has 0 aliphatic carbocycles. The lowest BCUT2D eigenvalue weighted by Crippen LogP contribution is -2.08. The molecule has 0 aliphatic heterocycles. The van der Waals surface area contributed by atoms with Gasteiger partial charge >= 0.3 is 18.1 Å². The molecule has 0 aromatic heterocycles. The predicted molar refractivity (Wildman–Crippen MR) is 84.9 cm³/mol. The number of alkyl halides is 3. The summed E-state index contributed by atoms with van der Waals surface area (Å²) in [4.78, 5) is 23.4. The molecule has 0 saturated carbocycles. The Morgan fingerprint density at radius 3 is 2.00 bits per heavy atom. The minimum atomic E-state index is -4.46. The molecule has 0 atom stereocenters. The summed E-state index contributed by atoms with van der Waals surface area (Å²) in [5, 5.41) is 0. The largest absolute Gasteiger partial charge is 0.489 e. The smallest absolute Gasteiger partial charge is 0.416 e. The average molecular weight is 368 g/mol. The molecule has 0 N–H and O–H groups in total. The second kappa shape index (κ2) is 7.90. The third-order valence-electron chi connectivity index (χ3n) is 3.41. The van der Waals surface area contributed by atoms with Crippen LogP contribution in [0.3, 0.4) is 0 Å². The molecule has 2 aromatic rings. The number of hydrogen-bond acceptors (Lipinski definition) is 5. The molecule has 8 heteroatoms. The first kappa shape index (κ1) is 19.3. The molecule has 2 rings (SSSR count). The van der Waals surface area contributed by atoms with Crippen molar-refractivity contribution < 1.29 is 37.0 Å². The lowest BCUT2D eigenvalue weighted by molar-refractivity contribution is -0.137. The zero-order valence-corrected chi connectivity index (χ0v) is 13.9. The summed E-state index contributed by atoms with van der Waals surface area (Å²) in [6.45, 7) is -0.185. The minimum Gasteiger partial charge on any atom is -0.489 e. The van der Waals surface area contributed by atoms with E-state index in [-0.39, 0.29) is 29.0 Å². The maximum absolute atomic E-state index is 12.7. The lowest BCUT2D eigenvalue weighted by atomic mass is 10.1. The van der Waals surface area contributed by atoms with Crippen LogP contribution < -0.4 is 4.74 Å². The topological polar surface area (TPSA) is 61.8 Å². The molecule has 0 heterocycles. The molecule has 5 nitrogen and oxygen atoms in total. The second-order valence-corrected chi connectivity index (χ2v) is 5.22. The van der Waals surface area contributed by atoms with Gasteiger partial charge in [0.15, 0.2) is 0 Å². The molecule has 0 fully saturated rings. The van der Waals surface area contributed by atoms with Crippen LogP contribution in [0.4, 0.5) is 13.2 Å². The van der Waals surface area contributed by atoms with Crippen molar-refractivity contribution in [3.63, 3.8) is 0 Å². The molecule has 138 valence electrons. The van der Waals surface area contributed by atoms with Crippen LogP contribution in [0.5, 0.6) is 5.75 Å². The zero-order valence-electron chi connectivity index (χ0n) is 13.9. The number of ether oxygens (including phenoxy) is 3. The van der Waals surface area contributed by atoms with Crippen LogP contribution in [0, 0.1) is 0 Å². The van der Waals surface area contributed by atoms with Crippen molar-refractivity contribution in [3.8, 4) is 5.75 Å². The molecule has 26 heavy (non-hydrogen) atoms. The van der Waals surface area contributed by atoms with E-state index in [1.54, 1.807) is 0 Å². The van der Waals surface area contributed by atoms with Crippen LogP contribution in [0.2, 0.25) is 0 Å². The van der Waals surface area contributed by atoms with Crippen molar-refractivity contribution in [1.82, 2.24) is 0 Å². The van der Waals surface area contributed by atoms with E-state index in [0.29, 0.717) is 0 Å². The molecule has 0 radical (unpaired) electrons. The summed E-state index contributed by atoms with van der Waals surface area (Å²) in [5.41, 5.74) is -0.413. The maximum atomic E-state index is 12.7. The van der Waals surface area contributed by atoms with Gasteiger partial charge in [0.2, 0.25) is 0 Å². The molecule has 0 saturated heterocycles. The van der Waals surface area contributed by atoms with Crippen molar-refractivity contribution in [2.24, 2.45) is 0 Å². The van der Waals surface area contributed by atoms with Crippen molar-refractivity contribution >= 4 is 11.9 Å². The van der Waals surface area contributed by atoms with E-state index in [0.717, 1.165) is 12.1 Å².